The van der Waals surface area contributed by atoms with Crippen LogP contribution in [0.4, 0.5) is 34.5 Å². The van der Waals surface area contributed by atoms with Crippen LogP contribution in [0.2, 0.25) is 0 Å². The maximum atomic E-state index is 7.00. The summed E-state index contributed by atoms with van der Waals surface area (Å²) < 4.78 is 13.6. The number of fused-ring (bicyclic) bond motifs is 4. The number of benzene rings is 9. The normalized spacial score (nSPS) is 11.3. The first kappa shape index (κ1) is 35.0. The van der Waals surface area contributed by atoms with Gasteiger partial charge < -0.3 is 13.7 Å². The van der Waals surface area contributed by atoms with Gasteiger partial charge in [0.1, 0.15) is 11.1 Å². The van der Waals surface area contributed by atoms with Crippen LogP contribution in [0.25, 0.3) is 66.4 Å². The molecule has 0 atom stereocenters. The molecule has 0 saturated carbocycles. The summed E-state index contributed by atoms with van der Waals surface area (Å²) in [5, 5.41) is 2.11. The topological polar surface area (TPSA) is 45.7 Å². The van der Waals surface area contributed by atoms with Crippen molar-refractivity contribution in [2.75, 3.05) is 9.80 Å². The molecule has 2 heterocycles. The summed E-state index contributed by atoms with van der Waals surface area (Å²) >= 11 is 0. The first-order valence-electron chi connectivity index (χ1n) is 20.1. The molecule has 5 nitrogen and oxygen atoms in total. The Bertz CT molecular complexity index is 3180. The Hall–Kier alpha value is -8.15. The fourth-order valence-corrected chi connectivity index (χ4v) is 8.33. The molecule has 0 aliphatic rings. The van der Waals surface area contributed by atoms with Crippen molar-refractivity contribution in [1.82, 2.24) is 4.98 Å². The average Bonchev–Trinajstić information content (AvgIpc) is 3.92. The number of para-hydroxylation sites is 6. The van der Waals surface area contributed by atoms with Crippen molar-refractivity contribution >= 4 is 67.5 Å². The molecule has 0 saturated heterocycles. The summed E-state index contributed by atoms with van der Waals surface area (Å²) in [6.45, 7) is 0. The van der Waals surface area contributed by atoms with Gasteiger partial charge in [-0.05, 0) is 107 Å². The van der Waals surface area contributed by atoms with E-state index in [4.69, 9.17) is 13.8 Å². The minimum atomic E-state index is 0.484. The second-order valence-corrected chi connectivity index (χ2v) is 14.8. The van der Waals surface area contributed by atoms with Crippen molar-refractivity contribution in [2.24, 2.45) is 0 Å². The van der Waals surface area contributed by atoms with E-state index in [0.717, 1.165) is 94.9 Å². The highest BCUT2D eigenvalue weighted by atomic mass is 16.4. The quantitative estimate of drug-likeness (QED) is 0.146. The Morgan fingerprint density at radius 2 is 0.933 bits per heavy atom. The van der Waals surface area contributed by atoms with Crippen LogP contribution in [-0.2, 0) is 0 Å². The maximum absolute atomic E-state index is 7.00. The molecule has 5 heteroatoms. The molecule has 0 aliphatic carbocycles. The minimum Gasteiger partial charge on any atom is -0.454 e. The van der Waals surface area contributed by atoms with Gasteiger partial charge in [-0.25, -0.2) is 0 Å². The Balaban J connectivity index is 1.17. The number of aromatic nitrogens is 1. The Labute approximate surface area is 347 Å². The fourth-order valence-electron chi connectivity index (χ4n) is 8.33. The van der Waals surface area contributed by atoms with Gasteiger partial charge in [0.15, 0.2) is 11.2 Å². The van der Waals surface area contributed by atoms with Crippen molar-refractivity contribution < 1.29 is 8.83 Å². The zero-order valence-corrected chi connectivity index (χ0v) is 32.5. The van der Waals surface area contributed by atoms with Gasteiger partial charge in [-0.2, -0.15) is 4.98 Å². The summed E-state index contributed by atoms with van der Waals surface area (Å²) in [6.07, 6.45) is 0. The third kappa shape index (κ3) is 6.26. The first-order chi connectivity index (χ1) is 29.8. The zero-order chi connectivity index (χ0) is 39.8. The van der Waals surface area contributed by atoms with Gasteiger partial charge in [0.2, 0.25) is 0 Å². The summed E-state index contributed by atoms with van der Waals surface area (Å²) in [7, 11) is 0. The number of anilines is 6. The first-order valence-corrected chi connectivity index (χ1v) is 20.1. The van der Waals surface area contributed by atoms with Gasteiger partial charge in [0.25, 0.3) is 0 Å². The molecular weight excluding hydrogens is 735 g/mol. The molecule has 2 aromatic heterocycles. The smallest absolute Gasteiger partial charge is 0.307 e. The lowest BCUT2D eigenvalue weighted by Crippen LogP contribution is -2.12. The molecule has 0 fully saturated rings. The lowest BCUT2D eigenvalue weighted by Gasteiger charge is -2.27. The second-order valence-electron chi connectivity index (χ2n) is 14.8. The van der Waals surface area contributed by atoms with Crippen LogP contribution >= 0.6 is 0 Å². The van der Waals surface area contributed by atoms with Crippen molar-refractivity contribution in [3.8, 4) is 33.4 Å². The molecular formula is C55H37N3O2. The number of hydrogen-bond donors (Lipinski definition) is 0. The van der Waals surface area contributed by atoms with Crippen molar-refractivity contribution in [2.45, 2.75) is 0 Å². The monoisotopic (exact) mass is 771 g/mol. The summed E-state index contributed by atoms with van der Waals surface area (Å²) in [4.78, 5) is 9.48. The molecule has 9 aromatic carbocycles. The van der Waals surface area contributed by atoms with Crippen LogP contribution in [0, 0.1) is 0 Å². The van der Waals surface area contributed by atoms with Crippen LogP contribution in [0.15, 0.2) is 233 Å². The van der Waals surface area contributed by atoms with E-state index >= 15 is 0 Å². The van der Waals surface area contributed by atoms with E-state index in [2.05, 4.69) is 192 Å². The van der Waals surface area contributed by atoms with Crippen molar-refractivity contribution in [1.29, 1.82) is 0 Å². The van der Waals surface area contributed by atoms with Crippen LogP contribution in [0.3, 0.4) is 0 Å². The maximum Gasteiger partial charge on any atom is 0.307 e. The van der Waals surface area contributed by atoms with E-state index in [9.17, 15) is 0 Å². The van der Waals surface area contributed by atoms with Gasteiger partial charge in [-0.1, -0.05) is 146 Å². The lowest BCUT2D eigenvalue weighted by molar-refractivity contribution is 0.608. The molecule has 0 bridgehead atoms. The number of furan rings is 1. The molecule has 0 spiro atoms. The number of hydrogen-bond acceptors (Lipinski definition) is 5. The molecule has 0 radical (unpaired) electrons. The highest BCUT2D eigenvalue weighted by molar-refractivity contribution is 6.11. The highest BCUT2D eigenvalue weighted by Gasteiger charge is 2.26. The van der Waals surface area contributed by atoms with Gasteiger partial charge >= 0.3 is 6.01 Å². The number of oxazole rings is 1. The molecule has 0 aliphatic heterocycles. The summed E-state index contributed by atoms with van der Waals surface area (Å²) in [5.41, 5.74) is 14.4. The molecule has 11 aromatic rings. The molecule has 0 N–H and O–H groups in total. The van der Waals surface area contributed by atoms with E-state index in [1.807, 2.05) is 42.5 Å². The van der Waals surface area contributed by atoms with Crippen LogP contribution in [0.5, 0.6) is 0 Å². The standard InChI is InChI=1S/C55H37N3O2/c1-6-19-38(20-7-1)41-35-47(53(39-21-8-2-9-22-39)50(36-41)58(44-27-14-5-15-28-44)55-56-48-30-16-17-32-51(48)60-55)40-33-34-45-46-29-18-31-49(54(46)59-52(45)37-40)57(42-23-10-3-11-24-42)43-25-12-4-13-26-43/h1-37H. The third-order valence-corrected chi connectivity index (χ3v) is 11.1. The van der Waals surface area contributed by atoms with Gasteiger partial charge in [0.05, 0.1) is 17.1 Å². The Morgan fingerprint density at radius 1 is 0.350 bits per heavy atom. The van der Waals surface area contributed by atoms with Crippen LogP contribution in [0.1, 0.15) is 0 Å². The van der Waals surface area contributed by atoms with E-state index in [1.165, 1.54) is 0 Å². The zero-order valence-electron chi connectivity index (χ0n) is 32.5. The van der Waals surface area contributed by atoms with Crippen LogP contribution < -0.4 is 9.80 Å². The van der Waals surface area contributed by atoms with Crippen LogP contribution in [-0.4, -0.2) is 4.98 Å². The van der Waals surface area contributed by atoms with E-state index in [-0.39, 0.29) is 0 Å². The summed E-state index contributed by atoms with van der Waals surface area (Å²) in [6, 6.07) is 78.4. The second kappa shape index (κ2) is 15.0. The van der Waals surface area contributed by atoms with Gasteiger partial charge in [0, 0.05) is 27.7 Å². The fraction of sp³-hybridized carbons (Fsp3) is 0. The molecule has 11 rings (SSSR count). The van der Waals surface area contributed by atoms with E-state index in [1.54, 1.807) is 0 Å². The Morgan fingerprint density at radius 3 is 1.58 bits per heavy atom. The van der Waals surface area contributed by atoms with Gasteiger partial charge in [-0.15, -0.1) is 0 Å². The van der Waals surface area contributed by atoms with Crippen molar-refractivity contribution in [3.63, 3.8) is 0 Å². The minimum absolute atomic E-state index is 0.484. The average molecular weight is 772 g/mol. The van der Waals surface area contributed by atoms with Crippen molar-refractivity contribution in [3.05, 3.63) is 224 Å². The third-order valence-electron chi connectivity index (χ3n) is 11.1. The number of nitrogens with zero attached hydrogens (tertiary/aromatic N) is 3. The molecule has 284 valence electrons. The predicted molar refractivity (Wildman–Crippen MR) is 247 cm³/mol. The molecule has 0 unspecified atom stereocenters. The van der Waals surface area contributed by atoms with E-state index < -0.39 is 0 Å². The highest BCUT2D eigenvalue weighted by Crippen LogP contribution is 2.49. The molecule has 60 heavy (non-hydrogen) atoms. The number of rotatable bonds is 9. The predicted octanol–water partition coefficient (Wildman–Crippen LogP) is 15.7. The van der Waals surface area contributed by atoms with Gasteiger partial charge in [-0.3, -0.25) is 4.90 Å². The lowest BCUT2D eigenvalue weighted by atomic mass is 9.88. The molecule has 0 amide bonds. The SMILES string of the molecule is c1ccc(-c2cc(-c3ccc4c(c3)oc3c(N(c5ccccc5)c5ccccc5)cccc34)c(-c3ccccc3)c(N(c3ccccc3)c3nc4ccccc4o3)c2)cc1. The Kier molecular flexibility index (Phi) is 8.75. The van der Waals surface area contributed by atoms with E-state index in [0.29, 0.717) is 6.01 Å². The largest absolute Gasteiger partial charge is 0.454 e. The summed E-state index contributed by atoms with van der Waals surface area (Å²) in [5.74, 6) is 0.